The van der Waals surface area contributed by atoms with E-state index in [2.05, 4.69) is 0 Å². The summed E-state index contributed by atoms with van der Waals surface area (Å²) in [6, 6.07) is 9.99. The molecule has 0 spiro atoms. The molecule has 1 aliphatic heterocycles. The van der Waals surface area contributed by atoms with Gasteiger partial charge in [0, 0.05) is 43.9 Å². The van der Waals surface area contributed by atoms with E-state index in [4.69, 9.17) is 4.74 Å². The zero-order chi connectivity index (χ0) is 19.6. The Kier molecular flexibility index (Phi) is 5.31. The molecule has 0 N–H and O–H groups in total. The molecule has 1 fully saturated rings. The molecule has 1 aliphatic rings. The van der Waals surface area contributed by atoms with Crippen LogP contribution >= 0.6 is 0 Å². The molecular weight excluding hydrogens is 375 g/mol. The van der Waals surface area contributed by atoms with Gasteiger partial charge in [-0.3, -0.25) is 10.1 Å². The molecule has 0 saturated carbocycles. The molecule has 1 saturated heterocycles. The topological polar surface area (TPSA) is 89.8 Å². The lowest BCUT2D eigenvalue weighted by Crippen LogP contribution is -2.38. The normalized spacial score (nSPS) is 15.6. The van der Waals surface area contributed by atoms with E-state index in [1.165, 1.54) is 24.3 Å². The Balaban J connectivity index is 1.70. The summed E-state index contributed by atoms with van der Waals surface area (Å²) >= 11 is 0. The minimum Gasteiger partial charge on any atom is -0.490 e. The highest BCUT2D eigenvalue weighted by molar-refractivity contribution is 7.90. The van der Waals surface area contributed by atoms with Crippen LogP contribution in [0.1, 0.15) is 12.8 Å². The Labute approximate surface area is 156 Å². The van der Waals surface area contributed by atoms with Crippen molar-refractivity contribution in [2.24, 2.45) is 0 Å². The number of nitro groups is 1. The summed E-state index contributed by atoms with van der Waals surface area (Å²) < 4.78 is 42.6. The van der Waals surface area contributed by atoms with Crippen molar-refractivity contribution in [1.29, 1.82) is 0 Å². The number of nitro benzene ring substituents is 1. The highest BCUT2D eigenvalue weighted by Crippen LogP contribution is 2.30. The second kappa shape index (κ2) is 7.51. The molecule has 27 heavy (non-hydrogen) atoms. The number of nitrogens with zero attached hydrogens (tertiary/aromatic N) is 2. The number of rotatable bonds is 5. The molecule has 0 atom stereocenters. The SMILES string of the molecule is CS(=O)(=O)c1cc(N2CCC(Oc3ccc(F)cc3)CC2)ccc1[N+](=O)[O-]. The smallest absolute Gasteiger partial charge is 0.288 e. The van der Waals surface area contributed by atoms with Gasteiger partial charge in [0.15, 0.2) is 9.84 Å². The van der Waals surface area contributed by atoms with Crippen molar-refractivity contribution in [3.63, 3.8) is 0 Å². The van der Waals surface area contributed by atoms with Gasteiger partial charge in [0.2, 0.25) is 0 Å². The van der Waals surface area contributed by atoms with Gasteiger partial charge in [-0.15, -0.1) is 0 Å². The minimum atomic E-state index is -3.72. The number of hydrogen-bond acceptors (Lipinski definition) is 6. The van der Waals surface area contributed by atoms with E-state index in [-0.39, 0.29) is 16.8 Å². The zero-order valence-electron chi connectivity index (χ0n) is 14.7. The molecule has 0 aliphatic carbocycles. The predicted octanol–water partition coefficient (Wildman–Crippen LogP) is 3.19. The molecule has 7 nitrogen and oxygen atoms in total. The van der Waals surface area contributed by atoms with Crippen LogP contribution in [0.4, 0.5) is 15.8 Å². The Bertz CT molecular complexity index is 939. The molecule has 0 aromatic heterocycles. The first-order chi connectivity index (χ1) is 12.7. The quantitative estimate of drug-likeness (QED) is 0.572. The monoisotopic (exact) mass is 394 g/mol. The molecule has 0 unspecified atom stereocenters. The fourth-order valence-corrected chi connectivity index (χ4v) is 3.94. The highest BCUT2D eigenvalue weighted by Gasteiger charge is 2.26. The average molecular weight is 394 g/mol. The largest absolute Gasteiger partial charge is 0.490 e. The van der Waals surface area contributed by atoms with E-state index in [1.54, 1.807) is 18.2 Å². The van der Waals surface area contributed by atoms with Crippen LogP contribution in [-0.4, -0.2) is 38.8 Å². The number of ether oxygens (including phenoxy) is 1. The van der Waals surface area contributed by atoms with Gasteiger partial charge in [0.1, 0.15) is 22.6 Å². The molecule has 9 heteroatoms. The van der Waals surface area contributed by atoms with Crippen molar-refractivity contribution >= 4 is 21.2 Å². The summed E-state index contributed by atoms with van der Waals surface area (Å²) in [5.41, 5.74) is 0.206. The van der Waals surface area contributed by atoms with Gasteiger partial charge in [-0.2, -0.15) is 0 Å². The number of sulfone groups is 1. The molecule has 1 heterocycles. The third-order valence-corrected chi connectivity index (χ3v) is 5.59. The molecule has 144 valence electrons. The Morgan fingerprint density at radius 2 is 1.78 bits per heavy atom. The lowest BCUT2D eigenvalue weighted by Gasteiger charge is -2.33. The number of piperidine rings is 1. The third kappa shape index (κ3) is 4.54. The van der Waals surface area contributed by atoms with E-state index >= 15 is 0 Å². The number of anilines is 1. The van der Waals surface area contributed by atoms with E-state index in [9.17, 15) is 22.9 Å². The van der Waals surface area contributed by atoms with E-state index in [0.29, 0.717) is 37.4 Å². The third-order valence-electron chi connectivity index (χ3n) is 4.46. The summed E-state index contributed by atoms with van der Waals surface area (Å²) in [4.78, 5) is 12.1. The molecule has 0 bridgehead atoms. The summed E-state index contributed by atoms with van der Waals surface area (Å²) in [6.07, 6.45) is 2.33. The van der Waals surface area contributed by atoms with Crippen LogP contribution < -0.4 is 9.64 Å². The van der Waals surface area contributed by atoms with Crippen LogP contribution in [0.15, 0.2) is 47.4 Å². The second-order valence-corrected chi connectivity index (χ2v) is 8.42. The van der Waals surface area contributed by atoms with Crippen LogP contribution in [0.3, 0.4) is 0 Å². The molecule has 0 amide bonds. The van der Waals surface area contributed by atoms with Crippen molar-refractivity contribution in [1.82, 2.24) is 0 Å². The van der Waals surface area contributed by atoms with Gasteiger partial charge in [0.25, 0.3) is 5.69 Å². The van der Waals surface area contributed by atoms with E-state index < -0.39 is 20.4 Å². The van der Waals surface area contributed by atoms with Gasteiger partial charge in [-0.25, -0.2) is 12.8 Å². The van der Waals surface area contributed by atoms with Crippen LogP contribution in [-0.2, 0) is 9.84 Å². The molecule has 2 aromatic rings. The van der Waals surface area contributed by atoms with Gasteiger partial charge in [0.05, 0.1) is 4.92 Å². The first-order valence-corrected chi connectivity index (χ1v) is 10.3. The molecular formula is C18H19FN2O5S. The van der Waals surface area contributed by atoms with Gasteiger partial charge in [-0.1, -0.05) is 0 Å². The number of halogens is 1. The average Bonchev–Trinajstić information content (AvgIpc) is 2.63. The van der Waals surface area contributed by atoms with Crippen LogP contribution in [0.2, 0.25) is 0 Å². The maximum absolute atomic E-state index is 13.0. The van der Waals surface area contributed by atoms with Crippen LogP contribution in [0.25, 0.3) is 0 Å². The highest BCUT2D eigenvalue weighted by atomic mass is 32.2. The van der Waals surface area contributed by atoms with Gasteiger partial charge in [-0.05, 0) is 36.4 Å². The minimum absolute atomic E-state index is 0.0286. The second-order valence-electron chi connectivity index (χ2n) is 6.44. The van der Waals surface area contributed by atoms with Crippen molar-refractivity contribution in [2.45, 2.75) is 23.8 Å². The summed E-state index contributed by atoms with van der Waals surface area (Å²) in [7, 11) is -3.72. The van der Waals surface area contributed by atoms with Gasteiger partial charge < -0.3 is 9.64 Å². The molecule has 2 aromatic carbocycles. The number of hydrogen-bond donors (Lipinski definition) is 0. The number of benzene rings is 2. The maximum Gasteiger partial charge on any atom is 0.288 e. The fraction of sp³-hybridized carbons (Fsp3) is 0.333. The summed E-state index contributed by atoms with van der Waals surface area (Å²) in [5, 5.41) is 11.1. The first kappa shape index (κ1) is 19.1. The van der Waals surface area contributed by atoms with Crippen molar-refractivity contribution in [3.8, 4) is 5.75 Å². The maximum atomic E-state index is 13.0. The standard InChI is InChI=1S/C18H19FN2O5S/c1-27(24,25)18-12-14(4-7-17(18)21(22)23)20-10-8-16(9-11-20)26-15-5-2-13(19)3-6-15/h2-7,12,16H,8-11H2,1H3. The van der Waals surface area contributed by atoms with Gasteiger partial charge >= 0.3 is 0 Å². The van der Waals surface area contributed by atoms with Crippen LogP contribution in [0.5, 0.6) is 5.75 Å². The molecule has 3 rings (SSSR count). The van der Waals surface area contributed by atoms with Crippen molar-refractivity contribution < 1.29 is 22.5 Å². The van der Waals surface area contributed by atoms with E-state index in [1.807, 2.05) is 4.90 Å². The fourth-order valence-electron chi connectivity index (χ4n) is 3.08. The Morgan fingerprint density at radius 3 is 2.33 bits per heavy atom. The lowest BCUT2D eigenvalue weighted by atomic mass is 10.1. The van der Waals surface area contributed by atoms with Crippen molar-refractivity contribution in [3.05, 3.63) is 58.4 Å². The zero-order valence-corrected chi connectivity index (χ0v) is 15.5. The Morgan fingerprint density at radius 1 is 1.15 bits per heavy atom. The first-order valence-electron chi connectivity index (χ1n) is 8.40. The molecule has 0 radical (unpaired) electrons. The van der Waals surface area contributed by atoms with E-state index in [0.717, 1.165) is 6.26 Å². The lowest BCUT2D eigenvalue weighted by molar-refractivity contribution is -0.387. The Hall–Kier alpha value is -2.68. The predicted molar refractivity (Wildman–Crippen MR) is 98.5 cm³/mol. The summed E-state index contributed by atoms with van der Waals surface area (Å²) in [6.45, 7) is 1.24. The van der Waals surface area contributed by atoms with Crippen LogP contribution in [0, 0.1) is 15.9 Å². The van der Waals surface area contributed by atoms with Crippen molar-refractivity contribution in [2.75, 3.05) is 24.2 Å². The summed E-state index contributed by atoms with van der Waals surface area (Å²) in [5.74, 6) is 0.279.